The maximum absolute atomic E-state index is 4.65. The number of likely N-dealkylation sites (N-methyl/N-ethyl adjacent to an activating group) is 1. The summed E-state index contributed by atoms with van der Waals surface area (Å²) in [4.78, 5) is 12.4. The number of aromatic nitrogens is 2. The summed E-state index contributed by atoms with van der Waals surface area (Å²) in [6.45, 7) is 8.32. The average molecular weight is 307 g/mol. The van der Waals surface area contributed by atoms with Gasteiger partial charge in [0.1, 0.15) is 10.6 Å². The molecule has 0 radical (unpaired) electrons. The van der Waals surface area contributed by atoms with Crippen LogP contribution in [0.1, 0.15) is 20.8 Å². The maximum Gasteiger partial charge on any atom is 0.226 e. The number of fused-ring (bicyclic) bond motifs is 1. The van der Waals surface area contributed by atoms with Crippen LogP contribution in [0.3, 0.4) is 0 Å². The molecule has 116 valence electrons. The number of nitrogens with one attached hydrogen (secondary N) is 2. The lowest BCUT2D eigenvalue weighted by molar-refractivity contribution is 0.344. The van der Waals surface area contributed by atoms with Crippen LogP contribution in [-0.2, 0) is 0 Å². The van der Waals surface area contributed by atoms with Gasteiger partial charge < -0.3 is 15.5 Å². The van der Waals surface area contributed by atoms with E-state index in [4.69, 9.17) is 0 Å². The molecule has 0 fully saturated rings. The van der Waals surface area contributed by atoms with Crippen LogP contribution in [0.2, 0.25) is 0 Å². The first kappa shape index (κ1) is 16.0. The first-order chi connectivity index (χ1) is 10.0. The van der Waals surface area contributed by atoms with E-state index in [0.717, 1.165) is 29.1 Å². The standard InChI is InChI=1S/C15H25N5S/c1-6-16-15-18-13(11-7-8-21-14(11)19-15)17-12(10(2)3)9-20(4)5/h7-8,10,12H,6,9H2,1-5H3,(H2,16,17,18,19). The lowest BCUT2D eigenvalue weighted by Gasteiger charge is -2.26. The monoisotopic (exact) mass is 307 g/mol. The molecule has 2 N–H and O–H groups in total. The van der Waals surface area contributed by atoms with Gasteiger partial charge in [-0.25, -0.2) is 4.98 Å². The van der Waals surface area contributed by atoms with Gasteiger partial charge in [0.05, 0.1) is 5.39 Å². The van der Waals surface area contributed by atoms with Gasteiger partial charge in [0.15, 0.2) is 0 Å². The predicted octanol–water partition coefficient (Wildman–Crippen LogP) is 3.12. The summed E-state index contributed by atoms with van der Waals surface area (Å²) in [7, 11) is 4.20. The number of nitrogens with zero attached hydrogens (tertiary/aromatic N) is 3. The summed E-state index contributed by atoms with van der Waals surface area (Å²) in [6, 6.07) is 2.44. The van der Waals surface area contributed by atoms with Gasteiger partial charge in [-0.05, 0) is 38.4 Å². The third kappa shape index (κ3) is 4.04. The normalized spacial score (nSPS) is 13.1. The van der Waals surface area contributed by atoms with Crippen LogP contribution < -0.4 is 10.6 Å². The first-order valence-electron chi connectivity index (χ1n) is 7.41. The van der Waals surface area contributed by atoms with Gasteiger partial charge in [0.2, 0.25) is 5.95 Å². The minimum atomic E-state index is 0.354. The number of anilines is 2. The Labute approximate surface area is 130 Å². The van der Waals surface area contributed by atoms with Crippen LogP contribution >= 0.6 is 11.3 Å². The van der Waals surface area contributed by atoms with Crippen molar-refractivity contribution in [1.82, 2.24) is 14.9 Å². The molecule has 1 atom stereocenters. The molecule has 0 aliphatic carbocycles. The van der Waals surface area contributed by atoms with Crippen LogP contribution in [0.25, 0.3) is 10.2 Å². The largest absolute Gasteiger partial charge is 0.365 e. The van der Waals surface area contributed by atoms with Crippen LogP contribution in [0.15, 0.2) is 11.4 Å². The lowest BCUT2D eigenvalue weighted by Crippen LogP contribution is -2.36. The van der Waals surface area contributed by atoms with Gasteiger partial charge in [-0.1, -0.05) is 13.8 Å². The second-order valence-electron chi connectivity index (χ2n) is 5.82. The summed E-state index contributed by atoms with van der Waals surface area (Å²) in [5.74, 6) is 2.15. The molecule has 21 heavy (non-hydrogen) atoms. The van der Waals surface area contributed by atoms with Crippen molar-refractivity contribution in [3.63, 3.8) is 0 Å². The van der Waals surface area contributed by atoms with E-state index in [1.54, 1.807) is 11.3 Å². The Hall–Kier alpha value is -1.40. The maximum atomic E-state index is 4.65. The van der Waals surface area contributed by atoms with E-state index in [0.29, 0.717) is 17.9 Å². The molecule has 0 saturated carbocycles. The molecule has 0 aliphatic heterocycles. The smallest absolute Gasteiger partial charge is 0.226 e. The predicted molar refractivity (Wildman–Crippen MR) is 92.4 cm³/mol. The highest BCUT2D eigenvalue weighted by Gasteiger charge is 2.17. The molecule has 5 nitrogen and oxygen atoms in total. The van der Waals surface area contributed by atoms with Crippen molar-refractivity contribution in [3.05, 3.63) is 11.4 Å². The minimum Gasteiger partial charge on any atom is -0.365 e. The highest BCUT2D eigenvalue weighted by atomic mass is 32.1. The molecule has 0 amide bonds. The minimum absolute atomic E-state index is 0.354. The zero-order valence-electron chi connectivity index (χ0n) is 13.5. The van der Waals surface area contributed by atoms with Crippen molar-refractivity contribution < 1.29 is 0 Å². The van der Waals surface area contributed by atoms with Crippen molar-refractivity contribution >= 4 is 33.3 Å². The van der Waals surface area contributed by atoms with Gasteiger partial charge in [-0.3, -0.25) is 0 Å². The van der Waals surface area contributed by atoms with Crippen LogP contribution in [0, 0.1) is 5.92 Å². The molecule has 6 heteroatoms. The van der Waals surface area contributed by atoms with Crippen molar-refractivity contribution in [2.24, 2.45) is 5.92 Å². The molecule has 0 aromatic carbocycles. The highest BCUT2D eigenvalue weighted by molar-refractivity contribution is 7.16. The summed E-state index contributed by atoms with van der Waals surface area (Å²) < 4.78 is 0. The molecule has 0 aliphatic rings. The van der Waals surface area contributed by atoms with Crippen LogP contribution in [0.5, 0.6) is 0 Å². The fraction of sp³-hybridized carbons (Fsp3) is 0.600. The van der Waals surface area contributed by atoms with Crippen LogP contribution in [-0.4, -0.2) is 48.1 Å². The SMILES string of the molecule is CCNc1nc(NC(CN(C)C)C(C)C)c2ccsc2n1. The molecule has 0 bridgehead atoms. The third-order valence-electron chi connectivity index (χ3n) is 3.35. The topological polar surface area (TPSA) is 53.1 Å². The van der Waals surface area contributed by atoms with Gasteiger partial charge in [0.25, 0.3) is 0 Å². The average Bonchev–Trinajstić information content (AvgIpc) is 2.86. The fourth-order valence-corrected chi connectivity index (χ4v) is 2.96. The van der Waals surface area contributed by atoms with E-state index in [1.807, 2.05) is 0 Å². The number of thiophene rings is 1. The Kier molecular flexibility index (Phi) is 5.36. The quantitative estimate of drug-likeness (QED) is 0.823. The number of rotatable bonds is 7. The Morgan fingerprint density at radius 3 is 2.67 bits per heavy atom. The zero-order valence-corrected chi connectivity index (χ0v) is 14.3. The van der Waals surface area contributed by atoms with Crippen molar-refractivity contribution in [3.8, 4) is 0 Å². The third-order valence-corrected chi connectivity index (χ3v) is 4.16. The van der Waals surface area contributed by atoms with Gasteiger partial charge in [-0.2, -0.15) is 4.98 Å². The van der Waals surface area contributed by atoms with E-state index in [1.165, 1.54) is 0 Å². The number of hydrogen-bond donors (Lipinski definition) is 2. The van der Waals surface area contributed by atoms with Gasteiger partial charge in [-0.15, -0.1) is 11.3 Å². The van der Waals surface area contributed by atoms with Crippen LogP contribution in [0.4, 0.5) is 11.8 Å². The molecule has 2 aromatic heterocycles. The van der Waals surface area contributed by atoms with Crippen molar-refractivity contribution in [2.45, 2.75) is 26.8 Å². The van der Waals surface area contributed by atoms with Crippen molar-refractivity contribution in [1.29, 1.82) is 0 Å². The zero-order chi connectivity index (χ0) is 15.4. The summed E-state index contributed by atoms with van der Waals surface area (Å²) in [5.41, 5.74) is 0. The Morgan fingerprint density at radius 2 is 2.05 bits per heavy atom. The van der Waals surface area contributed by atoms with Gasteiger partial charge >= 0.3 is 0 Å². The first-order valence-corrected chi connectivity index (χ1v) is 8.29. The molecule has 1 unspecified atom stereocenters. The molecular weight excluding hydrogens is 282 g/mol. The number of hydrogen-bond acceptors (Lipinski definition) is 6. The lowest BCUT2D eigenvalue weighted by atomic mass is 10.0. The Balaban J connectivity index is 2.32. The Morgan fingerprint density at radius 1 is 1.29 bits per heavy atom. The summed E-state index contributed by atoms with van der Waals surface area (Å²) >= 11 is 1.65. The van der Waals surface area contributed by atoms with E-state index >= 15 is 0 Å². The van der Waals surface area contributed by atoms with E-state index in [9.17, 15) is 0 Å². The second kappa shape index (κ2) is 7.04. The fourth-order valence-electron chi connectivity index (χ4n) is 2.19. The summed E-state index contributed by atoms with van der Waals surface area (Å²) in [6.07, 6.45) is 0. The van der Waals surface area contributed by atoms with Gasteiger partial charge in [0, 0.05) is 19.1 Å². The molecule has 0 saturated heterocycles. The molecule has 2 aromatic rings. The molecule has 2 heterocycles. The Bertz CT molecular complexity index is 578. The van der Waals surface area contributed by atoms with E-state index in [-0.39, 0.29) is 0 Å². The van der Waals surface area contributed by atoms with E-state index < -0.39 is 0 Å². The molecule has 2 rings (SSSR count). The molecule has 0 spiro atoms. The van der Waals surface area contributed by atoms with E-state index in [2.05, 4.69) is 71.8 Å². The molecular formula is C15H25N5S. The van der Waals surface area contributed by atoms with Crippen molar-refractivity contribution in [2.75, 3.05) is 37.8 Å². The summed E-state index contributed by atoms with van der Waals surface area (Å²) in [5, 5.41) is 9.99. The highest BCUT2D eigenvalue weighted by Crippen LogP contribution is 2.27. The second-order valence-corrected chi connectivity index (χ2v) is 6.72.